The quantitative estimate of drug-likeness (QED) is 0.568. The van der Waals surface area contributed by atoms with Crippen LogP contribution in [0.15, 0.2) is 16.4 Å². The highest BCUT2D eigenvalue weighted by Gasteiger charge is 2.30. The summed E-state index contributed by atoms with van der Waals surface area (Å²) in [6.45, 7) is 3.13. The molecule has 2 aliphatic heterocycles. The van der Waals surface area contributed by atoms with Gasteiger partial charge in [0.1, 0.15) is 12.3 Å². The lowest BCUT2D eigenvalue weighted by atomic mass is 10.0. The van der Waals surface area contributed by atoms with Crippen LogP contribution in [-0.2, 0) is 23.9 Å². The number of carbonyl (C=O) groups is 4. The smallest absolute Gasteiger partial charge is 0.354 e. The van der Waals surface area contributed by atoms with Gasteiger partial charge in [-0.05, 0) is 13.8 Å². The van der Waals surface area contributed by atoms with Gasteiger partial charge in [0, 0.05) is 12.8 Å². The van der Waals surface area contributed by atoms with E-state index in [0.717, 1.165) is 0 Å². The molecule has 0 aliphatic carbocycles. The molecule has 0 bridgehead atoms. The monoisotopic (exact) mass is 338 g/mol. The Kier molecular flexibility index (Phi) is 5.51. The predicted octanol–water partition coefficient (Wildman–Crippen LogP) is -0.686. The Morgan fingerprint density at radius 1 is 1.21 bits per heavy atom. The maximum Gasteiger partial charge on any atom is 0.354 e. The van der Waals surface area contributed by atoms with Crippen molar-refractivity contribution in [1.29, 1.82) is 0 Å². The molecule has 0 aromatic heterocycles. The molecule has 24 heavy (non-hydrogen) atoms. The Hall–Kier alpha value is -2.91. The van der Waals surface area contributed by atoms with Gasteiger partial charge in [0.2, 0.25) is 5.91 Å². The second-order valence-electron chi connectivity index (χ2n) is 5.10. The molecule has 1 unspecified atom stereocenters. The van der Waals surface area contributed by atoms with Gasteiger partial charge < -0.3 is 20.1 Å². The normalized spacial score (nSPS) is 20.4. The molecule has 1 atom stereocenters. The van der Waals surface area contributed by atoms with Gasteiger partial charge in [0.05, 0.1) is 23.9 Å². The summed E-state index contributed by atoms with van der Waals surface area (Å²) < 4.78 is 10.0. The van der Waals surface area contributed by atoms with E-state index in [9.17, 15) is 19.2 Å². The molecular weight excluding hydrogens is 320 g/mol. The summed E-state index contributed by atoms with van der Waals surface area (Å²) in [5.74, 6) is -1.62. The highest BCUT2D eigenvalue weighted by Crippen LogP contribution is 2.15. The van der Waals surface area contributed by atoms with Crippen molar-refractivity contribution < 1.29 is 28.7 Å². The molecule has 2 aliphatic rings. The summed E-state index contributed by atoms with van der Waals surface area (Å²) in [6, 6.07) is -1.10. The summed E-state index contributed by atoms with van der Waals surface area (Å²) in [5, 5.41) is 8.60. The average molecular weight is 338 g/mol. The minimum Gasteiger partial charge on any atom is -0.463 e. The first kappa shape index (κ1) is 17.4. The molecule has 3 N–H and O–H groups in total. The number of carbonyl (C=O) groups excluding carboxylic acids is 4. The molecule has 130 valence electrons. The van der Waals surface area contributed by atoms with Crippen LogP contribution in [0.25, 0.3) is 0 Å². The van der Waals surface area contributed by atoms with Gasteiger partial charge in [-0.3, -0.25) is 4.79 Å². The zero-order valence-corrected chi connectivity index (χ0v) is 13.3. The van der Waals surface area contributed by atoms with E-state index in [1.165, 1.54) is 0 Å². The van der Waals surface area contributed by atoms with E-state index >= 15 is 0 Å². The Labute approximate surface area is 137 Å². The van der Waals surface area contributed by atoms with Crippen molar-refractivity contribution in [2.75, 3.05) is 13.2 Å². The number of hydrogen-bond acceptors (Lipinski definition) is 7. The molecule has 0 saturated heterocycles. The molecule has 2 rings (SSSR count). The summed E-state index contributed by atoms with van der Waals surface area (Å²) in [4.78, 5) is 46.5. The van der Waals surface area contributed by atoms with E-state index < -0.39 is 24.0 Å². The first-order chi connectivity index (χ1) is 11.4. The molecule has 0 saturated carbocycles. The first-order valence-corrected chi connectivity index (χ1v) is 7.42. The van der Waals surface area contributed by atoms with Crippen LogP contribution in [-0.4, -0.2) is 48.8 Å². The van der Waals surface area contributed by atoms with Gasteiger partial charge >= 0.3 is 18.0 Å². The fourth-order valence-electron chi connectivity index (χ4n) is 2.24. The standard InChI is InChI=1S/C14H18N4O6/c1-3-23-13(21)11-7(2)15-14(22)16-9(11)6-24-12(20)8-4-5-10(19)18-17-8/h7H,3-6H2,1-2H3,(H,18,19)(H2,15,16,22). The number of amides is 3. The van der Waals surface area contributed by atoms with Crippen LogP contribution in [0.2, 0.25) is 0 Å². The second kappa shape index (κ2) is 7.57. The molecule has 3 amide bonds. The molecule has 0 aromatic rings. The van der Waals surface area contributed by atoms with Crippen molar-refractivity contribution >= 4 is 29.6 Å². The highest BCUT2D eigenvalue weighted by atomic mass is 16.5. The number of nitrogens with one attached hydrogen (secondary N) is 3. The number of hydrazone groups is 1. The molecule has 0 radical (unpaired) electrons. The van der Waals surface area contributed by atoms with Gasteiger partial charge in [0.25, 0.3) is 0 Å². The maximum atomic E-state index is 12.0. The molecule has 0 fully saturated rings. The van der Waals surface area contributed by atoms with Gasteiger partial charge in [-0.25, -0.2) is 19.8 Å². The zero-order chi connectivity index (χ0) is 17.7. The lowest BCUT2D eigenvalue weighted by Gasteiger charge is -2.26. The van der Waals surface area contributed by atoms with Crippen LogP contribution in [0.5, 0.6) is 0 Å². The average Bonchev–Trinajstić information content (AvgIpc) is 2.52. The van der Waals surface area contributed by atoms with Crippen LogP contribution in [0.4, 0.5) is 4.79 Å². The number of urea groups is 1. The minimum atomic E-state index is -0.730. The van der Waals surface area contributed by atoms with Crippen molar-refractivity contribution in [3.8, 4) is 0 Å². The van der Waals surface area contributed by atoms with E-state index in [1.54, 1.807) is 13.8 Å². The van der Waals surface area contributed by atoms with Crippen LogP contribution < -0.4 is 16.1 Å². The largest absolute Gasteiger partial charge is 0.463 e. The van der Waals surface area contributed by atoms with Crippen molar-refractivity contribution in [2.24, 2.45) is 5.10 Å². The summed E-state index contributed by atoms with van der Waals surface area (Å²) in [5.41, 5.74) is 2.60. The zero-order valence-electron chi connectivity index (χ0n) is 13.3. The maximum absolute atomic E-state index is 12.0. The fraction of sp³-hybridized carbons (Fsp3) is 0.500. The van der Waals surface area contributed by atoms with Crippen LogP contribution in [0, 0.1) is 0 Å². The number of esters is 2. The Bertz CT molecular complexity index is 639. The first-order valence-electron chi connectivity index (χ1n) is 7.42. The van der Waals surface area contributed by atoms with Crippen LogP contribution >= 0.6 is 0 Å². The van der Waals surface area contributed by atoms with E-state index in [2.05, 4.69) is 21.2 Å². The number of nitrogens with zero attached hydrogens (tertiary/aromatic N) is 1. The summed E-state index contributed by atoms with van der Waals surface area (Å²) >= 11 is 0. The third-order valence-corrected chi connectivity index (χ3v) is 3.35. The molecule has 2 heterocycles. The van der Waals surface area contributed by atoms with Crippen molar-refractivity contribution in [3.63, 3.8) is 0 Å². The van der Waals surface area contributed by atoms with E-state index in [-0.39, 0.29) is 48.9 Å². The van der Waals surface area contributed by atoms with Crippen LogP contribution in [0.1, 0.15) is 26.7 Å². The third kappa shape index (κ3) is 4.09. The van der Waals surface area contributed by atoms with Gasteiger partial charge in [0.15, 0.2) is 0 Å². The predicted molar refractivity (Wildman–Crippen MR) is 80.6 cm³/mol. The topological polar surface area (TPSA) is 135 Å². The molecule has 0 aromatic carbocycles. The minimum absolute atomic E-state index is 0.0706. The highest BCUT2D eigenvalue weighted by molar-refractivity contribution is 6.37. The summed E-state index contributed by atoms with van der Waals surface area (Å²) in [6.07, 6.45) is 0.307. The van der Waals surface area contributed by atoms with Crippen LogP contribution in [0.3, 0.4) is 0 Å². The Balaban J connectivity index is 2.10. The molecular formula is C14H18N4O6. The van der Waals surface area contributed by atoms with E-state index in [0.29, 0.717) is 0 Å². The van der Waals surface area contributed by atoms with E-state index in [4.69, 9.17) is 9.47 Å². The Morgan fingerprint density at radius 3 is 2.58 bits per heavy atom. The van der Waals surface area contributed by atoms with Crippen molar-refractivity contribution in [2.45, 2.75) is 32.7 Å². The SMILES string of the molecule is CCOC(=O)C1=C(COC(=O)C2=NNC(=O)CC2)NC(=O)NC1C. The number of rotatable bonds is 5. The Morgan fingerprint density at radius 2 is 1.96 bits per heavy atom. The fourth-order valence-corrected chi connectivity index (χ4v) is 2.24. The lowest BCUT2D eigenvalue weighted by molar-refractivity contribution is -0.140. The molecule has 0 spiro atoms. The second-order valence-corrected chi connectivity index (χ2v) is 5.10. The number of hydrogen-bond donors (Lipinski definition) is 3. The lowest BCUT2D eigenvalue weighted by Crippen LogP contribution is -2.50. The summed E-state index contributed by atoms with van der Waals surface area (Å²) in [7, 11) is 0. The van der Waals surface area contributed by atoms with Crippen molar-refractivity contribution in [1.82, 2.24) is 16.1 Å². The van der Waals surface area contributed by atoms with Gasteiger partial charge in [-0.2, -0.15) is 5.10 Å². The van der Waals surface area contributed by atoms with Gasteiger partial charge in [-0.1, -0.05) is 0 Å². The molecule has 10 heteroatoms. The number of ether oxygens (including phenoxy) is 2. The van der Waals surface area contributed by atoms with Crippen molar-refractivity contribution in [3.05, 3.63) is 11.3 Å². The van der Waals surface area contributed by atoms with E-state index in [1.807, 2.05) is 0 Å². The van der Waals surface area contributed by atoms with Gasteiger partial charge in [-0.15, -0.1) is 0 Å². The molecule has 10 nitrogen and oxygen atoms in total. The third-order valence-electron chi connectivity index (χ3n) is 3.35.